The average molecular weight is 273 g/mol. The van der Waals surface area contributed by atoms with Gasteiger partial charge in [0.1, 0.15) is 0 Å². The van der Waals surface area contributed by atoms with Gasteiger partial charge in [0.2, 0.25) is 0 Å². The predicted molar refractivity (Wildman–Crippen MR) is 76.1 cm³/mol. The maximum atomic E-state index is 13.9. The Morgan fingerprint density at radius 2 is 1.95 bits per heavy atom. The summed E-state index contributed by atoms with van der Waals surface area (Å²) in [4.78, 5) is 15.8. The third-order valence-corrected chi connectivity index (χ3v) is 2.94. The van der Waals surface area contributed by atoms with Gasteiger partial charge in [-0.3, -0.25) is 4.79 Å². The number of rotatable bonds is 4. The molecule has 0 fully saturated rings. The van der Waals surface area contributed by atoms with E-state index < -0.39 is 11.7 Å². The van der Waals surface area contributed by atoms with E-state index in [0.29, 0.717) is 6.54 Å². The van der Waals surface area contributed by atoms with Crippen molar-refractivity contribution in [2.45, 2.75) is 13.5 Å². The molecule has 20 heavy (non-hydrogen) atoms. The molecule has 0 unspecified atom stereocenters. The van der Waals surface area contributed by atoms with Crippen LogP contribution in [0.4, 0.5) is 10.2 Å². The molecule has 2 N–H and O–H groups in total. The van der Waals surface area contributed by atoms with Crippen LogP contribution in [0.5, 0.6) is 0 Å². The molecule has 0 spiro atoms. The molecule has 104 valence electrons. The molecule has 4 nitrogen and oxygen atoms in total. The number of nitrogens with zero attached hydrogens (tertiary/aromatic N) is 1. The van der Waals surface area contributed by atoms with Crippen LogP contribution in [-0.2, 0) is 6.54 Å². The van der Waals surface area contributed by atoms with E-state index in [4.69, 9.17) is 0 Å². The molecule has 1 aromatic carbocycles. The zero-order valence-corrected chi connectivity index (χ0v) is 11.4. The zero-order chi connectivity index (χ0) is 14.5. The van der Waals surface area contributed by atoms with Gasteiger partial charge >= 0.3 is 0 Å². The number of hydrogen-bond donors (Lipinski definition) is 2. The molecule has 0 aliphatic heterocycles. The first kappa shape index (κ1) is 14.0. The minimum atomic E-state index is -0.642. The lowest BCUT2D eigenvalue weighted by Gasteiger charge is -2.08. The van der Waals surface area contributed by atoms with Gasteiger partial charge in [0.25, 0.3) is 5.91 Å². The second kappa shape index (κ2) is 6.14. The second-order valence-corrected chi connectivity index (χ2v) is 4.44. The molecule has 1 aromatic heterocycles. The molecule has 2 aromatic rings. The summed E-state index contributed by atoms with van der Waals surface area (Å²) in [7, 11) is 1.55. The van der Waals surface area contributed by atoms with E-state index in [1.807, 2.05) is 31.2 Å². The Hall–Kier alpha value is -2.43. The lowest BCUT2D eigenvalue weighted by molar-refractivity contribution is 0.0947. The number of hydrogen-bond acceptors (Lipinski definition) is 3. The molecule has 0 saturated heterocycles. The van der Waals surface area contributed by atoms with Crippen LogP contribution in [-0.4, -0.2) is 17.9 Å². The van der Waals surface area contributed by atoms with Crippen LogP contribution in [0.15, 0.2) is 36.5 Å². The van der Waals surface area contributed by atoms with Crippen molar-refractivity contribution in [1.29, 1.82) is 0 Å². The Labute approximate surface area is 117 Å². The standard InChI is InChI=1S/C15H16FN3O/c1-10-3-5-11(6-4-10)9-19-15(20)12-7-8-18-14(17-2)13(12)16/h3-8H,9H2,1-2H3,(H,17,18)(H,19,20). The van der Waals surface area contributed by atoms with Crippen molar-refractivity contribution in [3.8, 4) is 0 Å². The molecular formula is C15H16FN3O. The number of benzene rings is 1. The highest BCUT2D eigenvalue weighted by Crippen LogP contribution is 2.14. The van der Waals surface area contributed by atoms with E-state index >= 15 is 0 Å². The van der Waals surface area contributed by atoms with Gasteiger partial charge in [0.15, 0.2) is 11.6 Å². The Morgan fingerprint density at radius 3 is 2.60 bits per heavy atom. The fourth-order valence-corrected chi connectivity index (χ4v) is 1.78. The fourth-order valence-electron chi connectivity index (χ4n) is 1.78. The number of anilines is 1. The third kappa shape index (κ3) is 3.12. The van der Waals surface area contributed by atoms with Gasteiger partial charge in [0.05, 0.1) is 5.56 Å². The largest absolute Gasteiger partial charge is 0.371 e. The zero-order valence-electron chi connectivity index (χ0n) is 11.4. The number of carbonyl (C=O) groups excluding carboxylic acids is 1. The highest BCUT2D eigenvalue weighted by molar-refractivity contribution is 5.95. The molecule has 0 atom stereocenters. The van der Waals surface area contributed by atoms with E-state index in [1.54, 1.807) is 7.05 Å². The van der Waals surface area contributed by atoms with Gasteiger partial charge in [0, 0.05) is 19.8 Å². The van der Waals surface area contributed by atoms with Crippen molar-refractivity contribution in [3.05, 3.63) is 59.0 Å². The highest BCUT2D eigenvalue weighted by Gasteiger charge is 2.14. The van der Waals surface area contributed by atoms with Crippen LogP contribution >= 0.6 is 0 Å². The molecule has 1 amide bonds. The summed E-state index contributed by atoms with van der Waals surface area (Å²) in [5.74, 6) is -1.04. The smallest absolute Gasteiger partial charge is 0.254 e. The van der Waals surface area contributed by atoms with Crippen LogP contribution < -0.4 is 10.6 Å². The number of aryl methyl sites for hydroxylation is 1. The number of nitrogens with one attached hydrogen (secondary N) is 2. The first-order chi connectivity index (χ1) is 9.61. The number of aromatic nitrogens is 1. The first-order valence-electron chi connectivity index (χ1n) is 6.28. The summed E-state index contributed by atoms with van der Waals surface area (Å²) >= 11 is 0. The number of pyridine rings is 1. The summed E-state index contributed by atoms with van der Waals surface area (Å²) in [6.45, 7) is 2.35. The van der Waals surface area contributed by atoms with Crippen LogP contribution in [0.25, 0.3) is 0 Å². The first-order valence-corrected chi connectivity index (χ1v) is 6.28. The molecule has 0 radical (unpaired) electrons. The van der Waals surface area contributed by atoms with Crippen molar-refractivity contribution in [3.63, 3.8) is 0 Å². The molecule has 0 aliphatic carbocycles. The molecule has 2 rings (SSSR count). The quantitative estimate of drug-likeness (QED) is 0.900. The number of halogens is 1. The van der Waals surface area contributed by atoms with E-state index in [0.717, 1.165) is 11.1 Å². The maximum absolute atomic E-state index is 13.9. The predicted octanol–water partition coefficient (Wildman–Crippen LogP) is 2.50. The van der Waals surface area contributed by atoms with Gasteiger partial charge in [-0.2, -0.15) is 0 Å². The minimum absolute atomic E-state index is 0.0172. The molecule has 0 aliphatic rings. The lowest BCUT2D eigenvalue weighted by atomic mass is 10.1. The van der Waals surface area contributed by atoms with Crippen LogP contribution in [0.2, 0.25) is 0 Å². The van der Waals surface area contributed by atoms with Gasteiger partial charge in [-0.25, -0.2) is 9.37 Å². The average Bonchev–Trinajstić information content (AvgIpc) is 2.46. The molecule has 0 bridgehead atoms. The normalized spacial score (nSPS) is 10.2. The van der Waals surface area contributed by atoms with Crippen LogP contribution in [0.3, 0.4) is 0 Å². The van der Waals surface area contributed by atoms with Gasteiger partial charge in [-0.1, -0.05) is 29.8 Å². The third-order valence-electron chi connectivity index (χ3n) is 2.94. The Balaban J connectivity index is 2.07. The Morgan fingerprint density at radius 1 is 1.25 bits per heavy atom. The van der Waals surface area contributed by atoms with Crippen molar-refractivity contribution < 1.29 is 9.18 Å². The summed E-state index contributed by atoms with van der Waals surface area (Å²) in [5.41, 5.74) is 2.10. The maximum Gasteiger partial charge on any atom is 0.254 e. The molecule has 0 saturated carbocycles. The molecular weight excluding hydrogens is 257 g/mol. The van der Waals surface area contributed by atoms with E-state index in [2.05, 4.69) is 15.6 Å². The lowest BCUT2D eigenvalue weighted by Crippen LogP contribution is -2.24. The monoisotopic (exact) mass is 273 g/mol. The summed E-state index contributed by atoms with van der Waals surface area (Å²) in [6, 6.07) is 9.15. The summed E-state index contributed by atoms with van der Waals surface area (Å²) in [6.07, 6.45) is 1.40. The SMILES string of the molecule is CNc1nccc(C(=O)NCc2ccc(C)cc2)c1F. The number of carbonyl (C=O) groups is 1. The second-order valence-electron chi connectivity index (χ2n) is 4.44. The van der Waals surface area contributed by atoms with Crippen molar-refractivity contribution in [2.24, 2.45) is 0 Å². The summed E-state index contributed by atoms with van der Waals surface area (Å²) < 4.78 is 13.9. The van der Waals surface area contributed by atoms with Crippen LogP contribution in [0.1, 0.15) is 21.5 Å². The van der Waals surface area contributed by atoms with E-state index in [1.165, 1.54) is 12.3 Å². The van der Waals surface area contributed by atoms with E-state index in [-0.39, 0.29) is 11.4 Å². The van der Waals surface area contributed by atoms with E-state index in [9.17, 15) is 9.18 Å². The highest BCUT2D eigenvalue weighted by atomic mass is 19.1. The molecule has 5 heteroatoms. The van der Waals surface area contributed by atoms with Crippen LogP contribution in [0, 0.1) is 12.7 Å². The Bertz CT molecular complexity index is 611. The number of amides is 1. The summed E-state index contributed by atoms with van der Waals surface area (Å²) in [5, 5.41) is 5.30. The molecule has 1 heterocycles. The van der Waals surface area contributed by atoms with Gasteiger partial charge in [-0.15, -0.1) is 0 Å². The Kier molecular flexibility index (Phi) is 4.30. The van der Waals surface area contributed by atoms with Gasteiger partial charge < -0.3 is 10.6 Å². The minimum Gasteiger partial charge on any atom is -0.371 e. The fraction of sp³-hybridized carbons (Fsp3) is 0.200. The topological polar surface area (TPSA) is 54.0 Å². The van der Waals surface area contributed by atoms with Crippen molar-refractivity contribution in [1.82, 2.24) is 10.3 Å². The van der Waals surface area contributed by atoms with Gasteiger partial charge in [-0.05, 0) is 18.6 Å². The van der Waals surface area contributed by atoms with Crippen molar-refractivity contribution in [2.75, 3.05) is 12.4 Å². The van der Waals surface area contributed by atoms with Crippen molar-refractivity contribution >= 4 is 11.7 Å².